The van der Waals surface area contributed by atoms with Gasteiger partial charge < -0.3 is 52.2 Å². The van der Waals surface area contributed by atoms with Crippen LogP contribution in [-0.4, -0.2) is 80.9 Å². The SMILES string of the molecule is COCOc1ccc(C2OCC(C)(C)CO2)cc1C(O)(c1cccc(OCCO[Si](C)(C)C(C)(C)C)c1)c1cc(C2OCC(C)(C)CO2)ccc1OCOC. The summed E-state index contributed by atoms with van der Waals surface area (Å²) in [5.74, 6) is 1.32. The molecule has 0 aromatic heterocycles. The average molecular weight is 783 g/mol. The molecule has 2 heterocycles. The molecule has 0 radical (unpaired) electrons. The Morgan fingerprint density at radius 1 is 0.673 bits per heavy atom. The maximum absolute atomic E-state index is 13.7. The van der Waals surface area contributed by atoms with Gasteiger partial charge in [-0.3, -0.25) is 0 Å². The van der Waals surface area contributed by atoms with E-state index in [0.29, 0.717) is 84.7 Å². The van der Waals surface area contributed by atoms with Crippen LogP contribution in [0.2, 0.25) is 18.1 Å². The van der Waals surface area contributed by atoms with Gasteiger partial charge in [0.2, 0.25) is 0 Å². The Hall–Kier alpha value is -3.04. The number of rotatable bonds is 16. The van der Waals surface area contributed by atoms with Crippen molar-refractivity contribution in [2.45, 2.75) is 84.8 Å². The van der Waals surface area contributed by atoms with Crippen LogP contribution in [0.25, 0.3) is 0 Å². The highest BCUT2D eigenvalue weighted by molar-refractivity contribution is 6.74. The van der Waals surface area contributed by atoms with Gasteiger partial charge in [0.25, 0.3) is 0 Å². The Labute approximate surface area is 328 Å². The van der Waals surface area contributed by atoms with Gasteiger partial charge in [-0.25, -0.2) is 0 Å². The zero-order chi connectivity index (χ0) is 40.1. The quantitative estimate of drug-likeness (QED) is 0.0654. The van der Waals surface area contributed by atoms with Gasteiger partial charge in [-0.2, -0.15) is 0 Å². The zero-order valence-corrected chi connectivity index (χ0v) is 35.6. The average Bonchev–Trinajstić information content (AvgIpc) is 3.14. The van der Waals surface area contributed by atoms with Crippen molar-refractivity contribution in [2.24, 2.45) is 10.8 Å². The maximum atomic E-state index is 13.7. The molecule has 0 unspecified atom stereocenters. The van der Waals surface area contributed by atoms with Crippen molar-refractivity contribution in [3.63, 3.8) is 0 Å². The maximum Gasteiger partial charge on any atom is 0.192 e. The van der Waals surface area contributed by atoms with Crippen molar-refractivity contribution in [1.29, 1.82) is 0 Å². The second-order valence-electron chi connectivity index (χ2n) is 17.5. The lowest BCUT2D eigenvalue weighted by Gasteiger charge is -2.37. The topological polar surface area (TPSA) is 113 Å². The van der Waals surface area contributed by atoms with Crippen LogP contribution in [0.3, 0.4) is 0 Å². The number of hydrogen-bond acceptors (Lipinski definition) is 11. The lowest BCUT2D eigenvalue weighted by molar-refractivity contribution is -0.226. The van der Waals surface area contributed by atoms with Gasteiger partial charge in [-0.05, 0) is 60.1 Å². The summed E-state index contributed by atoms with van der Waals surface area (Å²) in [5.41, 5.74) is 0.534. The van der Waals surface area contributed by atoms with Gasteiger partial charge in [0.15, 0.2) is 34.5 Å². The van der Waals surface area contributed by atoms with E-state index in [1.54, 1.807) is 26.4 Å². The summed E-state index contributed by atoms with van der Waals surface area (Å²) in [5, 5.41) is 13.8. The second-order valence-corrected chi connectivity index (χ2v) is 22.4. The zero-order valence-electron chi connectivity index (χ0n) is 34.6. The number of methoxy groups -OCH3 is 2. The molecule has 1 N–H and O–H groups in total. The van der Waals surface area contributed by atoms with Gasteiger partial charge in [-0.1, -0.05) is 72.7 Å². The Morgan fingerprint density at radius 2 is 1.15 bits per heavy atom. The molecule has 5 rings (SSSR count). The minimum Gasteiger partial charge on any atom is -0.491 e. The molecule has 11 nitrogen and oxygen atoms in total. The first kappa shape index (κ1) is 43.1. The lowest BCUT2D eigenvalue weighted by Crippen LogP contribution is -2.41. The van der Waals surface area contributed by atoms with Crippen molar-refractivity contribution in [1.82, 2.24) is 0 Å². The molecule has 0 amide bonds. The molecule has 2 aliphatic heterocycles. The van der Waals surface area contributed by atoms with E-state index >= 15 is 0 Å². The van der Waals surface area contributed by atoms with Crippen molar-refractivity contribution in [2.75, 3.05) is 67.4 Å². The molecule has 12 heteroatoms. The minimum atomic E-state index is -1.97. The highest BCUT2D eigenvalue weighted by Gasteiger charge is 2.42. The van der Waals surface area contributed by atoms with Crippen LogP contribution in [-0.2, 0) is 38.4 Å². The third kappa shape index (κ3) is 10.5. The van der Waals surface area contributed by atoms with Gasteiger partial charge in [-0.15, -0.1) is 0 Å². The minimum absolute atomic E-state index is 0.0585. The van der Waals surface area contributed by atoms with E-state index in [-0.39, 0.29) is 29.5 Å². The molecule has 55 heavy (non-hydrogen) atoms. The molecule has 0 atom stereocenters. The fourth-order valence-electron chi connectivity index (χ4n) is 6.16. The number of hydrogen-bond donors (Lipinski definition) is 1. The van der Waals surface area contributed by atoms with E-state index in [2.05, 4.69) is 61.6 Å². The van der Waals surface area contributed by atoms with Crippen LogP contribution < -0.4 is 14.2 Å². The number of aliphatic hydroxyl groups is 1. The van der Waals surface area contributed by atoms with E-state index in [1.165, 1.54) is 0 Å². The first-order valence-corrected chi connectivity index (χ1v) is 21.9. The summed E-state index contributed by atoms with van der Waals surface area (Å²) in [4.78, 5) is 0. The predicted octanol–water partition coefficient (Wildman–Crippen LogP) is 8.48. The fraction of sp³-hybridized carbons (Fsp3) is 0.581. The monoisotopic (exact) mass is 782 g/mol. The van der Waals surface area contributed by atoms with Crippen molar-refractivity contribution < 1.29 is 52.2 Å². The van der Waals surface area contributed by atoms with Gasteiger partial charge in [0.05, 0.1) is 33.0 Å². The summed E-state index contributed by atoms with van der Waals surface area (Å²) in [6.45, 7) is 22.1. The normalized spacial score (nSPS) is 18.3. The summed E-state index contributed by atoms with van der Waals surface area (Å²) in [6.07, 6.45) is -1.32. The first-order valence-electron chi connectivity index (χ1n) is 19.0. The molecule has 304 valence electrons. The number of benzene rings is 3. The van der Waals surface area contributed by atoms with Crippen LogP contribution in [0.5, 0.6) is 17.2 Å². The fourth-order valence-corrected chi connectivity index (χ4v) is 7.19. The molecule has 0 saturated carbocycles. The molecule has 0 bridgehead atoms. The van der Waals surface area contributed by atoms with Crippen LogP contribution in [0, 0.1) is 10.8 Å². The molecule has 0 aliphatic carbocycles. The van der Waals surface area contributed by atoms with Gasteiger partial charge >= 0.3 is 0 Å². The molecule has 3 aromatic rings. The van der Waals surface area contributed by atoms with Crippen LogP contribution >= 0.6 is 0 Å². The van der Waals surface area contributed by atoms with Gasteiger partial charge in [0.1, 0.15) is 29.5 Å². The summed E-state index contributed by atoms with van der Waals surface area (Å²) < 4.78 is 60.6. The van der Waals surface area contributed by atoms with E-state index in [1.807, 2.05) is 48.5 Å². The molecule has 2 saturated heterocycles. The standard InChI is InChI=1S/C43H62O11Si/c1-40(2,3)55(10,11)54-20-19-47-33-14-12-13-32(23-33)43(44,34-21-30(15-17-36(34)52-28-45-8)38-48-24-41(4,5)25-49-38)35-22-31(16-18-37(35)53-29-46-9)39-50-26-42(6,7)27-51-39/h12-18,21-23,38-39,44H,19-20,24-29H2,1-11H3. The summed E-state index contributed by atoms with van der Waals surface area (Å²) in [6, 6.07) is 18.5. The van der Waals surface area contributed by atoms with Gasteiger partial charge in [0, 0.05) is 47.3 Å². The highest BCUT2D eigenvalue weighted by Crippen LogP contribution is 2.48. The second kappa shape index (κ2) is 17.6. The number of ether oxygens (including phenoxy) is 9. The van der Waals surface area contributed by atoms with Crippen molar-refractivity contribution >= 4 is 8.32 Å². The molecule has 3 aromatic carbocycles. The third-order valence-corrected chi connectivity index (χ3v) is 14.9. The summed E-state index contributed by atoms with van der Waals surface area (Å²) >= 11 is 0. The van der Waals surface area contributed by atoms with Crippen LogP contribution in [0.15, 0.2) is 60.7 Å². The molecular weight excluding hydrogens is 721 g/mol. The van der Waals surface area contributed by atoms with Crippen LogP contribution in [0.1, 0.15) is 88.9 Å². The molecule has 2 fully saturated rings. The summed E-state index contributed by atoms with van der Waals surface area (Å²) in [7, 11) is 1.12. The predicted molar refractivity (Wildman–Crippen MR) is 212 cm³/mol. The smallest absolute Gasteiger partial charge is 0.192 e. The Balaban J connectivity index is 1.65. The Kier molecular flexibility index (Phi) is 13.8. The van der Waals surface area contributed by atoms with Crippen molar-refractivity contribution in [3.05, 3.63) is 88.5 Å². The first-order chi connectivity index (χ1) is 25.9. The van der Waals surface area contributed by atoms with E-state index in [9.17, 15) is 5.11 Å². The molecular formula is C43H62O11Si. The largest absolute Gasteiger partial charge is 0.491 e. The Morgan fingerprint density at radius 3 is 1.58 bits per heavy atom. The van der Waals surface area contributed by atoms with Crippen LogP contribution in [0.4, 0.5) is 0 Å². The van der Waals surface area contributed by atoms with E-state index in [4.69, 9.17) is 47.1 Å². The highest BCUT2D eigenvalue weighted by atomic mass is 28.4. The van der Waals surface area contributed by atoms with E-state index < -0.39 is 26.5 Å². The Bertz CT molecular complexity index is 1610. The van der Waals surface area contributed by atoms with Crippen molar-refractivity contribution in [3.8, 4) is 17.2 Å². The molecule has 0 spiro atoms. The third-order valence-electron chi connectivity index (χ3n) is 10.4. The lowest BCUT2D eigenvalue weighted by atomic mass is 9.78. The molecule has 2 aliphatic rings. The van der Waals surface area contributed by atoms with E-state index in [0.717, 1.165) is 0 Å².